The molecule has 3 aromatic rings. The van der Waals surface area contributed by atoms with Crippen LogP contribution in [0.1, 0.15) is 23.8 Å². The Morgan fingerprint density at radius 1 is 1.14 bits per heavy atom. The van der Waals surface area contributed by atoms with Crippen LogP contribution in [0.25, 0.3) is 11.4 Å². The van der Waals surface area contributed by atoms with E-state index in [-0.39, 0.29) is 18.2 Å². The van der Waals surface area contributed by atoms with Gasteiger partial charge in [-0.2, -0.15) is 4.98 Å². The smallest absolute Gasteiger partial charge is 0.232 e. The summed E-state index contributed by atoms with van der Waals surface area (Å²) >= 11 is 6.34. The molecule has 1 aromatic heterocycles. The number of carbonyl (C=O) groups excluding carboxylic acids is 1. The largest absolute Gasteiger partial charge is 0.497 e. The Kier molecular flexibility index (Phi) is 5.15. The molecule has 1 atom stereocenters. The lowest BCUT2D eigenvalue weighted by atomic mass is 10.1. The molecular weight excluding hydrogens is 394 g/mol. The molecule has 2 heterocycles. The lowest BCUT2D eigenvalue weighted by molar-refractivity contribution is -0.117. The minimum atomic E-state index is -0.200. The van der Waals surface area contributed by atoms with Gasteiger partial charge in [0.25, 0.3) is 0 Å². The zero-order chi connectivity index (χ0) is 20.5. The van der Waals surface area contributed by atoms with E-state index >= 15 is 0 Å². The number of nitrogens with zero attached hydrogens (tertiary/aromatic N) is 3. The van der Waals surface area contributed by atoms with Crippen LogP contribution in [0.3, 0.4) is 0 Å². The van der Waals surface area contributed by atoms with Crippen molar-refractivity contribution in [3.05, 3.63) is 52.9 Å². The molecule has 1 aliphatic heterocycles. The number of aryl methyl sites for hydroxylation is 1. The van der Waals surface area contributed by atoms with E-state index in [1.807, 2.05) is 25.1 Å². The molecule has 1 saturated heterocycles. The second-order valence-corrected chi connectivity index (χ2v) is 7.33. The summed E-state index contributed by atoms with van der Waals surface area (Å²) in [5.41, 5.74) is 2.44. The Morgan fingerprint density at radius 2 is 1.86 bits per heavy atom. The molecule has 0 bridgehead atoms. The van der Waals surface area contributed by atoms with Gasteiger partial charge in [0.05, 0.1) is 30.8 Å². The van der Waals surface area contributed by atoms with Gasteiger partial charge in [-0.15, -0.1) is 0 Å². The topological polar surface area (TPSA) is 77.7 Å². The minimum Gasteiger partial charge on any atom is -0.497 e. The van der Waals surface area contributed by atoms with Crippen molar-refractivity contribution in [1.29, 1.82) is 0 Å². The molecule has 1 fully saturated rings. The van der Waals surface area contributed by atoms with Gasteiger partial charge in [-0.3, -0.25) is 4.79 Å². The lowest BCUT2D eigenvalue weighted by Crippen LogP contribution is -2.24. The predicted octanol–water partition coefficient (Wildman–Crippen LogP) is 4.24. The second kappa shape index (κ2) is 7.75. The normalized spacial score (nSPS) is 16.3. The first-order valence-electron chi connectivity index (χ1n) is 9.12. The molecule has 1 unspecified atom stereocenters. The van der Waals surface area contributed by atoms with Gasteiger partial charge < -0.3 is 18.9 Å². The predicted molar refractivity (Wildman–Crippen MR) is 109 cm³/mol. The van der Waals surface area contributed by atoms with Crippen molar-refractivity contribution in [2.45, 2.75) is 19.3 Å². The SMILES string of the molecule is COc1cc(OC)cc(-c2noc(C3CC(=O)N(c4ccc(C)cc4Cl)C3)n2)c1. The van der Waals surface area contributed by atoms with Crippen LogP contribution < -0.4 is 14.4 Å². The van der Waals surface area contributed by atoms with Crippen LogP contribution in [-0.4, -0.2) is 36.8 Å². The van der Waals surface area contributed by atoms with E-state index in [0.717, 1.165) is 5.56 Å². The van der Waals surface area contributed by atoms with Gasteiger partial charge in [0.2, 0.25) is 17.6 Å². The monoisotopic (exact) mass is 413 g/mol. The van der Waals surface area contributed by atoms with Crippen LogP contribution >= 0.6 is 11.6 Å². The summed E-state index contributed by atoms with van der Waals surface area (Å²) in [6, 6.07) is 11.0. The number of halogens is 1. The van der Waals surface area contributed by atoms with Crippen LogP contribution in [0, 0.1) is 6.92 Å². The zero-order valence-electron chi connectivity index (χ0n) is 16.3. The van der Waals surface area contributed by atoms with Crippen LogP contribution in [0.15, 0.2) is 40.9 Å². The van der Waals surface area contributed by atoms with E-state index in [1.54, 1.807) is 37.3 Å². The van der Waals surface area contributed by atoms with Gasteiger partial charge in [0, 0.05) is 24.6 Å². The quantitative estimate of drug-likeness (QED) is 0.622. The Bertz CT molecular complexity index is 1040. The number of methoxy groups -OCH3 is 2. The average molecular weight is 414 g/mol. The van der Waals surface area contributed by atoms with E-state index in [9.17, 15) is 4.79 Å². The van der Waals surface area contributed by atoms with Crippen molar-refractivity contribution in [1.82, 2.24) is 10.1 Å². The van der Waals surface area contributed by atoms with E-state index in [2.05, 4.69) is 10.1 Å². The first-order valence-corrected chi connectivity index (χ1v) is 9.50. The van der Waals surface area contributed by atoms with Crippen LogP contribution in [0.2, 0.25) is 5.02 Å². The van der Waals surface area contributed by atoms with Gasteiger partial charge in [0.1, 0.15) is 11.5 Å². The summed E-state index contributed by atoms with van der Waals surface area (Å²) in [6.07, 6.45) is 0.285. The highest BCUT2D eigenvalue weighted by molar-refractivity contribution is 6.34. The fourth-order valence-electron chi connectivity index (χ4n) is 3.39. The molecule has 2 aromatic carbocycles. The zero-order valence-corrected chi connectivity index (χ0v) is 17.1. The third kappa shape index (κ3) is 3.78. The molecule has 7 nitrogen and oxygen atoms in total. The van der Waals surface area contributed by atoms with Crippen LogP contribution in [0.5, 0.6) is 11.5 Å². The van der Waals surface area contributed by atoms with Crippen molar-refractivity contribution in [2.24, 2.45) is 0 Å². The summed E-state index contributed by atoms with van der Waals surface area (Å²) < 4.78 is 16.1. The molecule has 1 amide bonds. The maximum Gasteiger partial charge on any atom is 0.232 e. The maximum atomic E-state index is 12.6. The number of rotatable bonds is 5. The highest BCUT2D eigenvalue weighted by atomic mass is 35.5. The molecule has 0 saturated carbocycles. The van der Waals surface area contributed by atoms with Crippen LogP contribution in [-0.2, 0) is 4.79 Å². The number of hydrogen-bond acceptors (Lipinski definition) is 6. The average Bonchev–Trinajstić information content (AvgIpc) is 3.35. The van der Waals surface area contributed by atoms with Crippen molar-refractivity contribution in [3.63, 3.8) is 0 Å². The van der Waals surface area contributed by atoms with Gasteiger partial charge in [-0.25, -0.2) is 0 Å². The lowest BCUT2D eigenvalue weighted by Gasteiger charge is -2.18. The molecule has 1 aliphatic rings. The van der Waals surface area contributed by atoms with Gasteiger partial charge >= 0.3 is 0 Å². The second-order valence-electron chi connectivity index (χ2n) is 6.92. The summed E-state index contributed by atoms with van der Waals surface area (Å²) in [5.74, 6) is 1.86. The molecule has 8 heteroatoms. The third-order valence-corrected chi connectivity index (χ3v) is 5.22. The molecule has 0 aliphatic carbocycles. The minimum absolute atomic E-state index is 0.0245. The number of benzene rings is 2. The van der Waals surface area contributed by atoms with E-state index < -0.39 is 0 Å². The Morgan fingerprint density at radius 3 is 2.52 bits per heavy atom. The number of anilines is 1. The number of ether oxygens (including phenoxy) is 2. The van der Waals surface area contributed by atoms with Crippen molar-refractivity contribution in [2.75, 3.05) is 25.7 Å². The number of aromatic nitrogens is 2. The fourth-order valence-corrected chi connectivity index (χ4v) is 3.73. The van der Waals surface area contributed by atoms with Gasteiger partial charge in [0.15, 0.2) is 0 Å². The Balaban J connectivity index is 1.58. The van der Waals surface area contributed by atoms with Crippen molar-refractivity contribution in [3.8, 4) is 22.9 Å². The molecule has 150 valence electrons. The van der Waals surface area contributed by atoms with Crippen LogP contribution in [0.4, 0.5) is 5.69 Å². The number of carbonyl (C=O) groups is 1. The summed E-state index contributed by atoms with van der Waals surface area (Å²) in [5, 5.41) is 4.63. The summed E-state index contributed by atoms with van der Waals surface area (Å²) in [6.45, 7) is 2.39. The van der Waals surface area contributed by atoms with Gasteiger partial charge in [-0.1, -0.05) is 22.8 Å². The molecule has 4 rings (SSSR count). The number of amides is 1. The molecular formula is C21H20ClN3O4. The van der Waals surface area contributed by atoms with Crippen molar-refractivity contribution >= 4 is 23.2 Å². The van der Waals surface area contributed by atoms with E-state index in [1.165, 1.54) is 0 Å². The first-order chi connectivity index (χ1) is 14.0. The summed E-state index contributed by atoms with van der Waals surface area (Å²) in [7, 11) is 3.16. The highest BCUT2D eigenvalue weighted by Gasteiger charge is 2.36. The Labute approximate surface area is 173 Å². The van der Waals surface area contributed by atoms with E-state index in [4.69, 9.17) is 25.6 Å². The molecule has 0 spiro atoms. The van der Waals surface area contributed by atoms with Gasteiger partial charge in [-0.05, 0) is 36.8 Å². The fraction of sp³-hybridized carbons (Fsp3) is 0.286. The Hall–Kier alpha value is -3.06. The van der Waals surface area contributed by atoms with Crippen molar-refractivity contribution < 1.29 is 18.8 Å². The number of hydrogen-bond donors (Lipinski definition) is 0. The maximum absolute atomic E-state index is 12.6. The third-order valence-electron chi connectivity index (χ3n) is 4.92. The molecule has 0 radical (unpaired) electrons. The van der Waals surface area contributed by atoms with E-state index in [0.29, 0.717) is 46.0 Å². The highest BCUT2D eigenvalue weighted by Crippen LogP contribution is 2.36. The first kappa shape index (κ1) is 19.3. The standard InChI is InChI=1S/C21H20ClN3O4/c1-12-4-5-18(17(22)6-12)25-11-14(9-19(25)26)21-23-20(24-29-21)13-7-15(27-2)10-16(8-13)28-3/h4-8,10,14H,9,11H2,1-3H3. The molecule has 29 heavy (non-hydrogen) atoms. The summed E-state index contributed by atoms with van der Waals surface area (Å²) in [4.78, 5) is 18.8. The molecule has 0 N–H and O–H groups in total.